The zero-order valence-electron chi connectivity index (χ0n) is 13.4. The van der Waals surface area contributed by atoms with Crippen LogP contribution in [0.5, 0.6) is 0 Å². The van der Waals surface area contributed by atoms with E-state index in [4.69, 9.17) is 0 Å². The van der Waals surface area contributed by atoms with Crippen LogP contribution in [0.3, 0.4) is 0 Å². The molecule has 1 aromatic carbocycles. The summed E-state index contributed by atoms with van der Waals surface area (Å²) in [6.45, 7) is 3.17. The summed E-state index contributed by atoms with van der Waals surface area (Å²) >= 11 is 0. The van der Waals surface area contributed by atoms with Crippen LogP contribution >= 0.6 is 0 Å². The number of nitrogens with one attached hydrogen (secondary N) is 2. The van der Waals surface area contributed by atoms with Crippen LogP contribution in [-0.2, 0) is 6.54 Å². The summed E-state index contributed by atoms with van der Waals surface area (Å²) in [5.74, 6) is 0.682. The van der Waals surface area contributed by atoms with Crippen LogP contribution in [0, 0.1) is 5.92 Å². The van der Waals surface area contributed by atoms with Gasteiger partial charge in [-0.05, 0) is 50.0 Å². The molecule has 24 heavy (non-hydrogen) atoms. The number of fused-ring (bicyclic) bond motifs is 1. The lowest BCUT2D eigenvalue weighted by Crippen LogP contribution is -2.29. The Hall–Kier alpha value is -2.60. The standard InChI is InChI=1S/C18H20N4O2/c23-17-7-11-22(18(24)20-17)16-3-1-2-15-14(16)6-10-21(15)12-13-4-8-19-9-5-13/h1-3,6-7,10-11,13,19H,4-5,8-9,12H2,(H,20,23,24). The van der Waals surface area contributed by atoms with Gasteiger partial charge in [-0.25, -0.2) is 4.79 Å². The van der Waals surface area contributed by atoms with Crippen molar-refractivity contribution >= 4 is 10.9 Å². The predicted molar refractivity (Wildman–Crippen MR) is 93.7 cm³/mol. The molecular weight excluding hydrogens is 304 g/mol. The second-order valence-electron chi connectivity index (χ2n) is 6.35. The topological polar surface area (TPSA) is 71.8 Å². The van der Waals surface area contributed by atoms with Gasteiger partial charge in [0.15, 0.2) is 0 Å². The van der Waals surface area contributed by atoms with E-state index in [0.717, 1.165) is 36.2 Å². The Morgan fingerprint density at radius 3 is 2.67 bits per heavy atom. The van der Waals surface area contributed by atoms with Crippen LogP contribution in [-0.4, -0.2) is 27.2 Å². The maximum atomic E-state index is 12.1. The zero-order valence-corrected chi connectivity index (χ0v) is 13.4. The number of hydrogen-bond donors (Lipinski definition) is 2. The highest BCUT2D eigenvalue weighted by Crippen LogP contribution is 2.24. The normalized spacial score (nSPS) is 15.8. The summed E-state index contributed by atoms with van der Waals surface area (Å²) in [6, 6.07) is 9.34. The average molecular weight is 324 g/mol. The number of rotatable bonds is 3. The molecule has 0 spiro atoms. The van der Waals surface area contributed by atoms with Gasteiger partial charge in [0.25, 0.3) is 5.56 Å². The largest absolute Gasteiger partial charge is 0.347 e. The molecule has 0 atom stereocenters. The predicted octanol–water partition coefficient (Wildman–Crippen LogP) is 1.48. The number of hydrogen-bond acceptors (Lipinski definition) is 3. The lowest BCUT2D eigenvalue weighted by Gasteiger charge is -2.23. The Morgan fingerprint density at radius 1 is 1.04 bits per heavy atom. The average Bonchev–Trinajstić information content (AvgIpc) is 2.99. The van der Waals surface area contributed by atoms with Crippen molar-refractivity contribution in [2.75, 3.05) is 13.1 Å². The summed E-state index contributed by atoms with van der Waals surface area (Å²) in [6.07, 6.45) is 6.00. The highest BCUT2D eigenvalue weighted by molar-refractivity contribution is 5.88. The molecule has 0 unspecified atom stereocenters. The zero-order chi connectivity index (χ0) is 16.5. The maximum absolute atomic E-state index is 12.1. The number of H-pyrrole nitrogens is 1. The molecule has 3 aromatic rings. The third kappa shape index (κ3) is 2.69. The molecule has 1 aliphatic rings. The fourth-order valence-electron chi connectivity index (χ4n) is 3.53. The first-order valence-corrected chi connectivity index (χ1v) is 8.33. The Bertz CT molecular complexity index is 976. The smallest absolute Gasteiger partial charge is 0.332 e. The Kier molecular flexibility index (Phi) is 3.82. The van der Waals surface area contributed by atoms with Gasteiger partial charge in [0.2, 0.25) is 0 Å². The van der Waals surface area contributed by atoms with Gasteiger partial charge in [0.1, 0.15) is 0 Å². The van der Waals surface area contributed by atoms with Gasteiger partial charge in [0, 0.05) is 30.4 Å². The van der Waals surface area contributed by atoms with E-state index in [1.165, 1.54) is 29.7 Å². The van der Waals surface area contributed by atoms with Crippen LogP contribution in [0.4, 0.5) is 0 Å². The van der Waals surface area contributed by atoms with Gasteiger partial charge in [-0.1, -0.05) is 6.07 Å². The van der Waals surface area contributed by atoms with Crippen LogP contribution in [0.15, 0.2) is 52.3 Å². The molecule has 124 valence electrons. The molecule has 2 N–H and O–H groups in total. The minimum atomic E-state index is -0.416. The molecule has 3 heterocycles. The SMILES string of the molecule is O=c1ccn(-c2cccc3c2ccn3CC2CCNCC2)c(=O)[nH]1. The lowest BCUT2D eigenvalue weighted by molar-refractivity contribution is 0.337. The molecule has 1 fully saturated rings. The van der Waals surface area contributed by atoms with Crippen LogP contribution in [0.1, 0.15) is 12.8 Å². The lowest BCUT2D eigenvalue weighted by atomic mass is 9.98. The molecule has 4 rings (SSSR count). The number of nitrogens with zero attached hydrogens (tertiary/aromatic N) is 2. The molecule has 2 aromatic heterocycles. The van der Waals surface area contributed by atoms with E-state index in [-0.39, 0.29) is 5.56 Å². The van der Waals surface area contributed by atoms with E-state index in [9.17, 15) is 9.59 Å². The molecule has 0 amide bonds. The molecule has 1 aliphatic heterocycles. The molecule has 0 aliphatic carbocycles. The Balaban J connectivity index is 1.76. The number of piperidine rings is 1. The van der Waals surface area contributed by atoms with E-state index in [0.29, 0.717) is 5.92 Å². The van der Waals surface area contributed by atoms with E-state index in [1.54, 1.807) is 0 Å². The van der Waals surface area contributed by atoms with Crippen molar-refractivity contribution in [1.82, 2.24) is 19.4 Å². The highest BCUT2D eigenvalue weighted by atomic mass is 16.2. The molecule has 0 saturated carbocycles. The maximum Gasteiger partial charge on any atom is 0.332 e. The molecule has 6 heteroatoms. The van der Waals surface area contributed by atoms with E-state index >= 15 is 0 Å². The summed E-state index contributed by atoms with van der Waals surface area (Å²) in [5.41, 5.74) is 1.11. The van der Waals surface area contributed by atoms with Crippen LogP contribution < -0.4 is 16.6 Å². The monoisotopic (exact) mass is 324 g/mol. The molecular formula is C18H20N4O2. The molecule has 0 bridgehead atoms. The fourth-order valence-corrected chi connectivity index (χ4v) is 3.53. The summed E-state index contributed by atoms with van der Waals surface area (Å²) < 4.78 is 3.75. The quantitative estimate of drug-likeness (QED) is 0.766. The van der Waals surface area contributed by atoms with Crippen molar-refractivity contribution in [1.29, 1.82) is 0 Å². The highest BCUT2D eigenvalue weighted by Gasteiger charge is 2.15. The third-order valence-electron chi connectivity index (χ3n) is 4.79. The summed E-state index contributed by atoms with van der Waals surface area (Å²) in [5, 5.41) is 4.41. The van der Waals surface area contributed by atoms with Crippen molar-refractivity contribution < 1.29 is 0 Å². The second kappa shape index (κ2) is 6.13. The van der Waals surface area contributed by atoms with Crippen molar-refractivity contribution in [3.8, 4) is 5.69 Å². The minimum absolute atomic E-state index is 0.382. The molecule has 1 saturated heterocycles. The van der Waals surface area contributed by atoms with E-state index in [1.807, 2.05) is 18.2 Å². The molecule has 6 nitrogen and oxygen atoms in total. The van der Waals surface area contributed by atoms with Crippen molar-refractivity contribution in [2.24, 2.45) is 5.92 Å². The number of aromatic nitrogens is 3. The van der Waals surface area contributed by atoms with Crippen molar-refractivity contribution in [3.63, 3.8) is 0 Å². The second-order valence-corrected chi connectivity index (χ2v) is 6.35. The van der Waals surface area contributed by atoms with Gasteiger partial charge in [-0.2, -0.15) is 0 Å². The van der Waals surface area contributed by atoms with E-state index in [2.05, 4.69) is 27.1 Å². The summed E-state index contributed by atoms with van der Waals surface area (Å²) in [4.78, 5) is 25.7. The Morgan fingerprint density at radius 2 is 1.88 bits per heavy atom. The van der Waals surface area contributed by atoms with Gasteiger partial charge < -0.3 is 9.88 Å². The number of benzene rings is 1. The number of aromatic amines is 1. The minimum Gasteiger partial charge on any atom is -0.347 e. The van der Waals surface area contributed by atoms with Crippen LogP contribution in [0.25, 0.3) is 16.6 Å². The van der Waals surface area contributed by atoms with Gasteiger partial charge in [-0.3, -0.25) is 14.3 Å². The first-order chi connectivity index (χ1) is 11.7. The molecule has 0 radical (unpaired) electrons. The van der Waals surface area contributed by atoms with Gasteiger partial charge in [-0.15, -0.1) is 0 Å². The first kappa shape index (κ1) is 15.0. The van der Waals surface area contributed by atoms with Crippen molar-refractivity contribution in [3.05, 3.63) is 63.6 Å². The van der Waals surface area contributed by atoms with Gasteiger partial charge >= 0.3 is 5.69 Å². The van der Waals surface area contributed by atoms with Crippen LogP contribution in [0.2, 0.25) is 0 Å². The summed E-state index contributed by atoms with van der Waals surface area (Å²) in [7, 11) is 0. The fraction of sp³-hybridized carbons (Fsp3) is 0.333. The van der Waals surface area contributed by atoms with Crippen molar-refractivity contribution in [2.45, 2.75) is 19.4 Å². The Labute approximate surface area is 138 Å². The third-order valence-corrected chi connectivity index (χ3v) is 4.79. The first-order valence-electron chi connectivity index (χ1n) is 8.33. The van der Waals surface area contributed by atoms with Gasteiger partial charge in [0.05, 0.1) is 11.2 Å². The van der Waals surface area contributed by atoms with E-state index < -0.39 is 5.69 Å².